The first-order chi connectivity index (χ1) is 9.60. The molecular formula is C12H22N6O2. The van der Waals surface area contributed by atoms with Crippen LogP contribution in [0.2, 0.25) is 0 Å². The van der Waals surface area contributed by atoms with Gasteiger partial charge in [0.2, 0.25) is 5.91 Å². The molecular weight excluding hydrogens is 260 g/mol. The summed E-state index contributed by atoms with van der Waals surface area (Å²) in [6.07, 6.45) is 0.905. The lowest BCUT2D eigenvalue weighted by Crippen LogP contribution is -2.36. The van der Waals surface area contributed by atoms with E-state index in [0.717, 1.165) is 6.42 Å². The van der Waals surface area contributed by atoms with Gasteiger partial charge in [-0.3, -0.25) is 4.79 Å². The van der Waals surface area contributed by atoms with Crippen LogP contribution in [0.4, 0.5) is 11.6 Å². The molecule has 1 aromatic rings. The van der Waals surface area contributed by atoms with E-state index in [4.69, 9.17) is 10.6 Å². The van der Waals surface area contributed by atoms with Crippen LogP contribution in [0.25, 0.3) is 0 Å². The Bertz CT molecular complexity index is 440. The maximum atomic E-state index is 11.7. The minimum atomic E-state index is -0.0523. The van der Waals surface area contributed by atoms with Gasteiger partial charge in [-0.15, -0.1) is 0 Å². The molecule has 1 amide bonds. The summed E-state index contributed by atoms with van der Waals surface area (Å²) in [5, 5.41) is 2.81. The highest BCUT2D eigenvalue weighted by molar-refractivity contribution is 5.80. The normalized spacial score (nSPS) is 10.2. The first-order valence-corrected chi connectivity index (χ1v) is 6.42. The van der Waals surface area contributed by atoms with Gasteiger partial charge in [0.05, 0.1) is 6.54 Å². The van der Waals surface area contributed by atoms with E-state index < -0.39 is 0 Å². The monoisotopic (exact) mass is 282 g/mol. The fraction of sp³-hybridized carbons (Fsp3) is 0.583. The van der Waals surface area contributed by atoms with Gasteiger partial charge in [0.25, 0.3) is 0 Å². The zero-order chi connectivity index (χ0) is 15.0. The Morgan fingerprint density at radius 3 is 2.85 bits per heavy atom. The number of methoxy groups -OCH3 is 1. The average Bonchev–Trinajstić information content (AvgIpc) is 2.45. The van der Waals surface area contributed by atoms with Gasteiger partial charge in [-0.25, -0.2) is 15.8 Å². The second-order valence-electron chi connectivity index (χ2n) is 4.31. The summed E-state index contributed by atoms with van der Waals surface area (Å²) in [5.41, 5.74) is 2.47. The molecule has 0 saturated carbocycles. The van der Waals surface area contributed by atoms with Gasteiger partial charge in [-0.2, -0.15) is 0 Å². The van der Waals surface area contributed by atoms with Crippen LogP contribution in [0.1, 0.15) is 19.2 Å². The number of nitrogens with two attached hydrogens (primary N) is 1. The highest BCUT2D eigenvalue weighted by atomic mass is 16.5. The fourth-order valence-corrected chi connectivity index (χ4v) is 1.56. The minimum Gasteiger partial charge on any atom is -0.377 e. The van der Waals surface area contributed by atoms with Crippen molar-refractivity contribution >= 4 is 17.5 Å². The Morgan fingerprint density at radius 1 is 1.50 bits per heavy atom. The van der Waals surface area contributed by atoms with Crippen molar-refractivity contribution in [3.63, 3.8) is 0 Å². The number of anilines is 2. The third-order valence-electron chi connectivity index (χ3n) is 2.52. The molecule has 0 bridgehead atoms. The van der Waals surface area contributed by atoms with Crippen molar-refractivity contribution in [3.8, 4) is 0 Å². The Kier molecular flexibility index (Phi) is 6.68. The van der Waals surface area contributed by atoms with Gasteiger partial charge >= 0.3 is 0 Å². The minimum absolute atomic E-state index is 0.0523. The van der Waals surface area contributed by atoms with E-state index in [9.17, 15) is 4.79 Å². The highest BCUT2D eigenvalue weighted by Gasteiger charge is 2.11. The maximum absolute atomic E-state index is 11.7. The van der Waals surface area contributed by atoms with Crippen LogP contribution in [0.15, 0.2) is 6.07 Å². The summed E-state index contributed by atoms with van der Waals surface area (Å²) < 4.78 is 5.00. The first-order valence-electron chi connectivity index (χ1n) is 6.42. The van der Waals surface area contributed by atoms with Crippen LogP contribution in [0, 0.1) is 0 Å². The SMILES string of the molecule is CCCNC(=O)CN(C)c1cc(NN)nc(COC)n1. The van der Waals surface area contributed by atoms with Crippen molar-refractivity contribution in [2.24, 2.45) is 5.84 Å². The van der Waals surface area contributed by atoms with Crippen LogP contribution >= 0.6 is 0 Å². The second kappa shape index (κ2) is 8.28. The molecule has 4 N–H and O–H groups in total. The number of hydrazine groups is 1. The summed E-state index contributed by atoms with van der Waals surface area (Å²) in [5.74, 6) is 6.90. The zero-order valence-corrected chi connectivity index (χ0v) is 12.1. The largest absolute Gasteiger partial charge is 0.377 e. The van der Waals surface area contributed by atoms with E-state index in [-0.39, 0.29) is 19.1 Å². The average molecular weight is 282 g/mol. The summed E-state index contributed by atoms with van der Waals surface area (Å²) >= 11 is 0. The molecule has 0 spiro atoms. The van der Waals surface area contributed by atoms with Crippen LogP contribution in [0.5, 0.6) is 0 Å². The molecule has 0 aliphatic heterocycles. The van der Waals surface area contributed by atoms with Crippen LogP contribution in [-0.4, -0.2) is 43.1 Å². The maximum Gasteiger partial charge on any atom is 0.239 e. The van der Waals surface area contributed by atoms with E-state index in [0.29, 0.717) is 24.0 Å². The molecule has 0 aliphatic carbocycles. The molecule has 0 radical (unpaired) electrons. The molecule has 0 aromatic carbocycles. The standard InChI is InChI=1S/C12H22N6O2/c1-4-5-14-12(19)7-18(2)11-6-9(17-13)15-10(16-11)8-20-3/h6H,4-5,7-8,13H2,1-3H3,(H,14,19)(H,15,16,17). The Labute approximate surface area is 118 Å². The number of nitrogens with one attached hydrogen (secondary N) is 2. The highest BCUT2D eigenvalue weighted by Crippen LogP contribution is 2.14. The molecule has 1 rings (SSSR count). The molecule has 0 fully saturated rings. The van der Waals surface area contributed by atoms with Gasteiger partial charge in [0, 0.05) is 26.8 Å². The van der Waals surface area contributed by atoms with Gasteiger partial charge in [-0.05, 0) is 6.42 Å². The lowest BCUT2D eigenvalue weighted by Gasteiger charge is -2.19. The third-order valence-corrected chi connectivity index (χ3v) is 2.52. The van der Waals surface area contributed by atoms with Gasteiger partial charge in [0.1, 0.15) is 18.2 Å². The number of carbonyl (C=O) groups excluding carboxylic acids is 1. The van der Waals surface area contributed by atoms with Gasteiger partial charge < -0.3 is 20.4 Å². The topological polar surface area (TPSA) is 105 Å². The molecule has 8 nitrogen and oxygen atoms in total. The molecule has 20 heavy (non-hydrogen) atoms. The van der Waals surface area contributed by atoms with E-state index in [1.807, 2.05) is 6.92 Å². The van der Waals surface area contributed by atoms with E-state index >= 15 is 0 Å². The van der Waals surface area contributed by atoms with Crippen molar-refractivity contribution in [3.05, 3.63) is 11.9 Å². The smallest absolute Gasteiger partial charge is 0.239 e. The van der Waals surface area contributed by atoms with Crippen molar-refractivity contribution in [1.82, 2.24) is 15.3 Å². The Morgan fingerprint density at radius 2 is 2.25 bits per heavy atom. The van der Waals surface area contributed by atoms with Crippen molar-refractivity contribution < 1.29 is 9.53 Å². The zero-order valence-electron chi connectivity index (χ0n) is 12.1. The predicted octanol–water partition coefficient (Wildman–Crippen LogP) is -0.129. The van der Waals surface area contributed by atoms with Crippen molar-refractivity contribution in [1.29, 1.82) is 0 Å². The lowest BCUT2D eigenvalue weighted by atomic mass is 10.4. The van der Waals surface area contributed by atoms with Crippen molar-refractivity contribution in [2.75, 3.05) is 37.6 Å². The Hall–Kier alpha value is -1.93. The second-order valence-corrected chi connectivity index (χ2v) is 4.31. The van der Waals surface area contributed by atoms with Crippen LogP contribution in [0.3, 0.4) is 0 Å². The number of rotatable bonds is 8. The molecule has 0 aliphatic rings. The molecule has 1 aromatic heterocycles. The van der Waals surface area contributed by atoms with Gasteiger partial charge in [-0.1, -0.05) is 6.92 Å². The van der Waals surface area contributed by atoms with E-state index in [1.54, 1.807) is 25.1 Å². The number of likely N-dealkylation sites (N-methyl/N-ethyl adjacent to an activating group) is 1. The number of nitrogen functional groups attached to an aromatic ring is 1. The van der Waals surface area contributed by atoms with E-state index in [2.05, 4.69) is 20.7 Å². The summed E-state index contributed by atoms with van der Waals surface area (Å²) in [4.78, 5) is 21.9. The summed E-state index contributed by atoms with van der Waals surface area (Å²) in [6.45, 7) is 3.16. The number of hydrogen-bond acceptors (Lipinski definition) is 7. The summed E-state index contributed by atoms with van der Waals surface area (Å²) in [6, 6.07) is 1.67. The van der Waals surface area contributed by atoms with Crippen molar-refractivity contribution in [2.45, 2.75) is 20.0 Å². The van der Waals surface area contributed by atoms with Gasteiger partial charge in [0.15, 0.2) is 5.82 Å². The van der Waals surface area contributed by atoms with E-state index in [1.165, 1.54) is 0 Å². The lowest BCUT2D eigenvalue weighted by molar-refractivity contribution is -0.119. The Balaban J connectivity index is 2.77. The molecule has 1 heterocycles. The quantitative estimate of drug-likeness (QED) is 0.450. The number of ether oxygens (including phenoxy) is 1. The predicted molar refractivity (Wildman–Crippen MR) is 77.1 cm³/mol. The first kappa shape index (κ1) is 16.1. The fourth-order valence-electron chi connectivity index (χ4n) is 1.56. The van der Waals surface area contributed by atoms with Crippen LogP contribution < -0.4 is 21.5 Å². The number of aromatic nitrogens is 2. The summed E-state index contributed by atoms with van der Waals surface area (Å²) in [7, 11) is 3.35. The number of hydrogen-bond donors (Lipinski definition) is 3. The number of amides is 1. The molecule has 8 heteroatoms. The third kappa shape index (κ3) is 4.98. The number of carbonyl (C=O) groups is 1. The number of nitrogens with zero attached hydrogens (tertiary/aromatic N) is 3. The molecule has 0 unspecified atom stereocenters. The van der Waals surface area contributed by atoms with Crippen LogP contribution in [-0.2, 0) is 16.1 Å². The molecule has 112 valence electrons. The molecule has 0 saturated heterocycles. The molecule has 0 atom stereocenters.